The van der Waals surface area contributed by atoms with E-state index in [9.17, 15) is 0 Å². The van der Waals surface area contributed by atoms with Crippen LogP contribution in [0.5, 0.6) is 5.75 Å². The second-order valence-corrected chi connectivity index (χ2v) is 2.09. The molecule has 1 aliphatic rings. The maximum atomic E-state index is 5.09. The summed E-state index contributed by atoms with van der Waals surface area (Å²) in [7, 11) is 0. The van der Waals surface area contributed by atoms with Crippen LogP contribution >= 0.6 is 0 Å². The number of hydrogen-bond donors (Lipinski definition) is 1. The van der Waals surface area contributed by atoms with Crippen LogP contribution in [0, 0.1) is 0 Å². The standard InChI is InChI=1S/C8H7NO.FH/c1-2-4-8-7(3-1)5-6-9-10-8;/h1-6,9H;1H. The molecule has 0 saturated carbocycles. The third kappa shape index (κ3) is 1.32. The lowest BCUT2D eigenvalue weighted by molar-refractivity contribution is 0.239. The molecule has 1 N–H and O–H groups in total. The number of hydrogen-bond acceptors (Lipinski definition) is 2. The van der Waals surface area contributed by atoms with E-state index < -0.39 is 0 Å². The Hall–Kier alpha value is -1.51. The fourth-order valence-corrected chi connectivity index (χ4v) is 0.932. The Kier molecular flexibility index (Phi) is 2.11. The van der Waals surface area contributed by atoms with E-state index in [4.69, 9.17) is 4.84 Å². The number of benzene rings is 1. The first-order valence-electron chi connectivity index (χ1n) is 3.15. The van der Waals surface area contributed by atoms with Crippen molar-refractivity contribution in [3.8, 4) is 5.75 Å². The van der Waals surface area contributed by atoms with Crippen molar-refractivity contribution >= 4 is 6.08 Å². The lowest BCUT2D eigenvalue weighted by Gasteiger charge is -2.11. The molecular formula is C8H8FNO. The molecule has 11 heavy (non-hydrogen) atoms. The van der Waals surface area contributed by atoms with Crippen LogP contribution in [-0.2, 0) is 0 Å². The van der Waals surface area contributed by atoms with Crippen molar-refractivity contribution in [2.24, 2.45) is 0 Å². The van der Waals surface area contributed by atoms with Crippen LogP contribution in [0.4, 0.5) is 4.70 Å². The highest BCUT2D eigenvalue weighted by atomic mass is 19.0. The largest absolute Gasteiger partial charge is 0.382 e. The quantitative estimate of drug-likeness (QED) is 0.612. The molecule has 1 aromatic carbocycles. The molecule has 0 unspecified atom stereocenters. The zero-order valence-electron chi connectivity index (χ0n) is 5.78. The van der Waals surface area contributed by atoms with E-state index in [0.717, 1.165) is 11.3 Å². The zero-order chi connectivity index (χ0) is 6.81. The van der Waals surface area contributed by atoms with E-state index in [1.165, 1.54) is 0 Å². The molecule has 0 radical (unpaired) electrons. The maximum absolute atomic E-state index is 5.09. The minimum Gasteiger partial charge on any atom is -0.382 e. The van der Waals surface area contributed by atoms with Crippen molar-refractivity contribution in [1.29, 1.82) is 0 Å². The highest BCUT2D eigenvalue weighted by Crippen LogP contribution is 2.20. The van der Waals surface area contributed by atoms with E-state index in [-0.39, 0.29) is 4.70 Å². The zero-order valence-corrected chi connectivity index (χ0v) is 5.78. The minimum absolute atomic E-state index is 0. The first kappa shape index (κ1) is 7.60. The van der Waals surface area contributed by atoms with E-state index in [2.05, 4.69) is 5.48 Å². The summed E-state index contributed by atoms with van der Waals surface area (Å²) in [5, 5.41) is 0. The van der Waals surface area contributed by atoms with Crippen LogP contribution < -0.4 is 10.3 Å². The minimum atomic E-state index is 0. The summed E-state index contributed by atoms with van der Waals surface area (Å²) in [4.78, 5) is 5.09. The fourth-order valence-electron chi connectivity index (χ4n) is 0.932. The van der Waals surface area contributed by atoms with Crippen molar-refractivity contribution in [1.82, 2.24) is 5.48 Å². The number of halogens is 1. The average molecular weight is 153 g/mol. The number of para-hydroxylation sites is 1. The normalized spacial score (nSPS) is 12.0. The molecule has 0 fully saturated rings. The molecule has 58 valence electrons. The van der Waals surface area contributed by atoms with Crippen LogP contribution in [0.1, 0.15) is 5.56 Å². The summed E-state index contributed by atoms with van der Waals surface area (Å²) in [6, 6.07) is 7.86. The Morgan fingerprint density at radius 2 is 2.00 bits per heavy atom. The third-order valence-electron chi connectivity index (χ3n) is 1.42. The van der Waals surface area contributed by atoms with E-state index >= 15 is 0 Å². The number of hydroxylamine groups is 1. The molecule has 2 rings (SSSR count). The van der Waals surface area contributed by atoms with Crippen molar-refractivity contribution in [2.75, 3.05) is 0 Å². The van der Waals surface area contributed by atoms with E-state index in [1.807, 2.05) is 30.3 Å². The summed E-state index contributed by atoms with van der Waals surface area (Å²) in [6.07, 6.45) is 3.74. The van der Waals surface area contributed by atoms with Gasteiger partial charge in [-0.05, 0) is 12.1 Å². The monoisotopic (exact) mass is 153 g/mol. The summed E-state index contributed by atoms with van der Waals surface area (Å²) < 4.78 is 0. The van der Waals surface area contributed by atoms with Gasteiger partial charge in [-0.2, -0.15) is 0 Å². The molecule has 0 aliphatic carbocycles. The van der Waals surface area contributed by atoms with Crippen molar-refractivity contribution in [3.63, 3.8) is 0 Å². The van der Waals surface area contributed by atoms with E-state index in [0.29, 0.717) is 0 Å². The van der Waals surface area contributed by atoms with Gasteiger partial charge in [-0.25, -0.2) is 5.48 Å². The Labute approximate surface area is 63.8 Å². The smallest absolute Gasteiger partial charge is 0.162 e. The van der Waals surface area contributed by atoms with Gasteiger partial charge in [0, 0.05) is 11.8 Å². The van der Waals surface area contributed by atoms with Gasteiger partial charge in [-0.15, -0.1) is 0 Å². The number of fused-ring (bicyclic) bond motifs is 1. The second kappa shape index (κ2) is 3.05. The fraction of sp³-hybridized carbons (Fsp3) is 0. The lowest BCUT2D eigenvalue weighted by Crippen LogP contribution is -2.13. The molecule has 0 spiro atoms. The first-order valence-corrected chi connectivity index (χ1v) is 3.15. The van der Waals surface area contributed by atoms with Crippen LogP contribution in [0.2, 0.25) is 0 Å². The van der Waals surface area contributed by atoms with Gasteiger partial charge in [0.15, 0.2) is 5.75 Å². The van der Waals surface area contributed by atoms with Gasteiger partial charge in [0.2, 0.25) is 0 Å². The summed E-state index contributed by atoms with van der Waals surface area (Å²) in [5.74, 6) is 0.880. The molecule has 3 heteroatoms. The summed E-state index contributed by atoms with van der Waals surface area (Å²) in [5.41, 5.74) is 3.77. The molecule has 0 bridgehead atoms. The van der Waals surface area contributed by atoms with Gasteiger partial charge in [0.1, 0.15) is 0 Å². The average Bonchev–Trinajstić information content (AvgIpc) is 2.05. The molecule has 1 heterocycles. The lowest BCUT2D eigenvalue weighted by atomic mass is 10.2. The third-order valence-corrected chi connectivity index (χ3v) is 1.42. The highest BCUT2D eigenvalue weighted by molar-refractivity contribution is 5.57. The maximum Gasteiger partial charge on any atom is 0.162 e. The Morgan fingerprint density at radius 1 is 1.18 bits per heavy atom. The SMILES string of the molecule is C1=Cc2ccccc2ON1.F. The highest BCUT2D eigenvalue weighted by Gasteiger charge is 2.01. The van der Waals surface area contributed by atoms with Gasteiger partial charge in [0.25, 0.3) is 0 Å². The van der Waals surface area contributed by atoms with Gasteiger partial charge in [-0.3, -0.25) is 4.70 Å². The molecule has 1 aromatic rings. The molecule has 0 amide bonds. The second-order valence-electron chi connectivity index (χ2n) is 2.09. The van der Waals surface area contributed by atoms with Gasteiger partial charge in [0.05, 0.1) is 0 Å². The van der Waals surface area contributed by atoms with Crippen molar-refractivity contribution in [3.05, 3.63) is 36.0 Å². The number of nitrogens with one attached hydrogen (secondary N) is 1. The molecule has 2 nitrogen and oxygen atoms in total. The predicted octanol–water partition coefficient (Wildman–Crippen LogP) is 1.71. The summed E-state index contributed by atoms with van der Waals surface area (Å²) >= 11 is 0. The molecule has 0 atom stereocenters. The predicted molar refractivity (Wildman–Crippen MR) is 41.7 cm³/mol. The first-order chi connectivity index (χ1) is 4.97. The summed E-state index contributed by atoms with van der Waals surface area (Å²) in [6.45, 7) is 0. The Balaban J connectivity index is 0.000000605. The molecule has 0 saturated heterocycles. The van der Waals surface area contributed by atoms with Gasteiger partial charge >= 0.3 is 0 Å². The van der Waals surface area contributed by atoms with Crippen LogP contribution in [-0.4, -0.2) is 0 Å². The van der Waals surface area contributed by atoms with Crippen LogP contribution in [0.25, 0.3) is 6.08 Å². The van der Waals surface area contributed by atoms with Crippen LogP contribution in [0.15, 0.2) is 30.5 Å². The van der Waals surface area contributed by atoms with Crippen molar-refractivity contribution in [2.45, 2.75) is 0 Å². The topological polar surface area (TPSA) is 21.3 Å². The Bertz CT molecular complexity index is 273. The van der Waals surface area contributed by atoms with Crippen molar-refractivity contribution < 1.29 is 9.54 Å². The molecule has 0 aromatic heterocycles. The van der Waals surface area contributed by atoms with E-state index in [1.54, 1.807) is 6.20 Å². The van der Waals surface area contributed by atoms with Gasteiger partial charge < -0.3 is 4.84 Å². The Morgan fingerprint density at radius 3 is 2.82 bits per heavy atom. The molecule has 1 aliphatic heterocycles. The van der Waals surface area contributed by atoms with Gasteiger partial charge in [-0.1, -0.05) is 18.2 Å². The molecular weight excluding hydrogens is 145 g/mol. The number of rotatable bonds is 0. The van der Waals surface area contributed by atoms with Crippen LogP contribution in [0.3, 0.4) is 0 Å².